The van der Waals surface area contributed by atoms with Crippen LogP contribution < -0.4 is 0 Å². The molecule has 12 nitrogen and oxygen atoms in total. The number of rotatable bonds is 20. The van der Waals surface area contributed by atoms with Crippen LogP contribution in [-0.2, 0) is 51.9 Å². The second kappa shape index (κ2) is 19.4. The minimum Gasteiger partial charge on any atom is -0.416 e. The van der Waals surface area contributed by atoms with Crippen LogP contribution in [0.1, 0.15) is 27.7 Å². The van der Waals surface area contributed by atoms with Crippen LogP contribution in [0.5, 0.6) is 0 Å². The summed E-state index contributed by atoms with van der Waals surface area (Å²) in [5, 5.41) is 0. The molecule has 0 spiro atoms. The lowest BCUT2D eigenvalue weighted by Crippen LogP contribution is -2.68. The lowest BCUT2D eigenvalue weighted by atomic mass is 10.6. The molecular weight excluding hydrogens is 705 g/mol. The predicted molar refractivity (Wildman–Crippen MR) is 187 cm³/mol. The Morgan fingerprint density at radius 3 is 0.614 bits per heavy atom. The third-order valence-corrected chi connectivity index (χ3v) is 35.8. The van der Waals surface area contributed by atoms with Crippen molar-refractivity contribution in [2.75, 3.05) is 56.9 Å². The summed E-state index contributed by atoms with van der Waals surface area (Å²) < 4.78 is 75.6. The molecule has 20 heteroatoms. The molecule has 4 radical (unpaired) electrons. The Morgan fingerprint density at radius 2 is 0.500 bits per heavy atom. The normalized spacial score (nSPS) is 31.4. The van der Waals surface area contributed by atoms with Crippen molar-refractivity contribution in [2.45, 2.75) is 100 Å². The van der Waals surface area contributed by atoms with Crippen LogP contribution in [0.15, 0.2) is 0 Å². The van der Waals surface area contributed by atoms with Crippen molar-refractivity contribution in [3.8, 4) is 0 Å². The number of hydrogen-bond acceptors (Lipinski definition) is 12. The summed E-state index contributed by atoms with van der Waals surface area (Å²) >= 11 is 0. The molecule has 0 bridgehead atoms. The van der Waals surface area contributed by atoms with Crippen LogP contribution in [0, 0.1) is 0 Å². The molecule has 1 fully saturated rings. The van der Waals surface area contributed by atoms with Crippen molar-refractivity contribution < 1.29 is 51.9 Å². The van der Waals surface area contributed by atoms with Gasteiger partial charge in [0, 0.05) is 79.0 Å². The minimum absolute atomic E-state index is 0.116. The molecule has 1 aliphatic rings. The van der Waals surface area contributed by atoms with E-state index in [0.29, 0.717) is 24.2 Å². The molecule has 0 aromatic carbocycles. The Labute approximate surface area is 279 Å². The predicted octanol–water partition coefficient (Wildman–Crippen LogP) is 5.04. The molecule has 0 aromatic rings. The molecule has 44 heavy (non-hydrogen) atoms. The highest BCUT2D eigenvalue weighted by atomic mass is 28.5. The van der Waals surface area contributed by atoms with Crippen LogP contribution in [0.2, 0.25) is 72.5 Å². The zero-order chi connectivity index (χ0) is 33.9. The average Bonchev–Trinajstić information content (AvgIpc) is 2.89. The Balaban J connectivity index is 3.76. The maximum absolute atomic E-state index is 7.39. The Bertz CT molecular complexity index is 671. The first-order valence-electron chi connectivity index (χ1n) is 15.0. The van der Waals surface area contributed by atoms with Crippen LogP contribution in [0.4, 0.5) is 0 Å². The smallest absolute Gasteiger partial charge is 0.387 e. The molecule has 0 aromatic heterocycles. The number of hydrogen-bond donors (Lipinski definition) is 0. The second-order valence-corrected chi connectivity index (χ2v) is 36.0. The van der Waals surface area contributed by atoms with E-state index in [2.05, 4.69) is 53.9 Å². The van der Waals surface area contributed by atoms with Gasteiger partial charge < -0.3 is 51.9 Å². The van der Waals surface area contributed by atoms with Crippen LogP contribution in [0.3, 0.4) is 0 Å². The summed E-state index contributed by atoms with van der Waals surface area (Å²) in [5.41, 5.74) is 0.462. The van der Waals surface area contributed by atoms with E-state index in [1.54, 1.807) is 56.9 Å². The summed E-state index contributed by atoms with van der Waals surface area (Å²) in [5.74, 6) is 0. The first kappa shape index (κ1) is 43.3. The molecule has 4 unspecified atom stereocenters. The first-order valence-corrected chi connectivity index (χ1v) is 30.7. The zero-order valence-corrected chi connectivity index (χ0v) is 38.0. The van der Waals surface area contributed by atoms with E-state index in [9.17, 15) is 0 Å². The molecule has 1 aliphatic heterocycles. The van der Waals surface area contributed by atoms with E-state index in [0.717, 1.165) is 0 Å². The maximum Gasteiger partial charge on any atom is 0.387 e. The molecule has 0 saturated carbocycles. The van der Waals surface area contributed by atoms with Crippen molar-refractivity contribution in [3.63, 3.8) is 0 Å². The van der Waals surface area contributed by atoms with Crippen molar-refractivity contribution in [1.82, 2.24) is 0 Å². The lowest BCUT2D eigenvalue weighted by Gasteiger charge is -2.52. The van der Waals surface area contributed by atoms with Gasteiger partial charge in [-0.1, -0.05) is 27.7 Å². The highest BCUT2D eigenvalue weighted by Gasteiger charge is 2.59. The summed E-state index contributed by atoms with van der Waals surface area (Å²) in [6, 6.07) is 2.77. The van der Waals surface area contributed by atoms with Crippen molar-refractivity contribution >= 4 is 71.4 Å². The highest BCUT2D eigenvalue weighted by molar-refractivity contribution is 6.94. The van der Waals surface area contributed by atoms with E-state index in [1.165, 1.54) is 0 Å². The zero-order valence-electron chi connectivity index (χ0n) is 30.0. The molecule has 1 rings (SSSR count). The van der Waals surface area contributed by atoms with E-state index >= 15 is 0 Å². The Hall–Kier alpha value is 1.26. The fourth-order valence-corrected chi connectivity index (χ4v) is 41.6. The maximum atomic E-state index is 7.39. The summed E-state index contributed by atoms with van der Waals surface area (Å²) in [6.45, 7) is 17.3. The fraction of sp³-hybridized carbons (Fsp3) is 1.00. The van der Waals surface area contributed by atoms with Gasteiger partial charge in [0.25, 0.3) is 0 Å². The Kier molecular flexibility index (Phi) is 19.1. The van der Waals surface area contributed by atoms with Gasteiger partial charge in [0.15, 0.2) is 0 Å². The quantitative estimate of drug-likeness (QED) is 0.155. The van der Waals surface area contributed by atoms with Gasteiger partial charge in [-0.05, 0) is 50.4 Å². The summed E-state index contributed by atoms with van der Waals surface area (Å²) in [7, 11) is -4.30. The molecule has 0 aliphatic carbocycles. The molecule has 1 heterocycles. The lowest BCUT2D eigenvalue weighted by molar-refractivity contribution is 0.211. The first-order chi connectivity index (χ1) is 20.4. The average molecular weight is 765 g/mol. The van der Waals surface area contributed by atoms with E-state index in [1.807, 2.05) is 0 Å². The highest BCUT2D eigenvalue weighted by Crippen LogP contribution is 2.44. The Morgan fingerprint density at radius 1 is 0.364 bits per heavy atom. The molecule has 0 amide bonds. The van der Waals surface area contributed by atoms with Gasteiger partial charge in [0.1, 0.15) is 0 Å². The van der Waals surface area contributed by atoms with Crippen LogP contribution in [0.25, 0.3) is 0 Å². The molecule has 1 saturated heterocycles. The van der Waals surface area contributed by atoms with Gasteiger partial charge in [-0.3, -0.25) is 0 Å². The SMILES string of the molecule is CO[Si](OC)C(C)C[Si]1(C)O[Si](C)(CC(C)[Si](OC)OC)O[Si](C)(CC(C)[Si](OC)OC)O[Si](C)(CC(C)[Si](OC)OC)O1. The van der Waals surface area contributed by atoms with Gasteiger partial charge in [0.05, 0.1) is 0 Å². The third-order valence-electron chi connectivity index (χ3n) is 7.65. The molecule has 0 N–H and O–H groups in total. The van der Waals surface area contributed by atoms with Crippen molar-refractivity contribution in [1.29, 1.82) is 0 Å². The van der Waals surface area contributed by atoms with Gasteiger partial charge in [-0.2, -0.15) is 0 Å². The van der Waals surface area contributed by atoms with E-state index in [4.69, 9.17) is 51.9 Å². The van der Waals surface area contributed by atoms with Gasteiger partial charge in [0.2, 0.25) is 0 Å². The standard InChI is InChI=1S/C24H60O12Si8/c1-21(37(25-5)26-6)17-41(13)33-42(14,18-22(2)38(27-7)28-8)35-44(16,20-24(4)40(31-11)32-12)36-43(15,34-41)19-23(3)39(29-9)30-10/h21-24H,17-20H2,1-16H3. The molecular formula is C24H60O12Si8. The third kappa shape index (κ3) is 12.9. The monoisotopic (exact) mass is 764 g/mol. The van der Waals surface area contributed by atoms with E-state index < -0.39 is 71.4 Å². The van der Waals surface area contributed by atoms with Gasteiger partial charge in [-0.25, -0.2) is 0 Å². The minimum atomic E-state index is -2.95. The van der Waals surface area contributed by atoms with Crippen LogP contribution >= 0.6 is 0 Å². The van der Waals surface area contributed by atoms with Crippen LogP contribution in [-0.4, -0.2) is 128 Å². The molecule has 4 atom stereocenters. The summed E-state index contributed by atoms with van der Waals surface area (Å²) in [6.07, 6.45) is 0. The van der Waals surface area contributed by atoms with Crippen molar-refractivity contribution in [3.05, 3.63) is 0 Å². The topological polar surface area (TPSA) is 111 Å². The van der Waals surface area contributed by atoms with Gasteiger partial charge in [-0.15, -0.1) is 0 Å². The molecule has 260 valence electrons. The fourth-order valence-electron chi connectivity index (χ4n) is 6.74. The van der Waals surface area contributed by atoms with Gasteiger partial charge >= 0.3 is 71.4 Å². The van der Waals surface area contributed by atoms with E-state index in [-0.39, 0.29) is 22.2 Å². The van der Waals surface area contributed by atoms with Crippen molar-refractivity contribution in [2.24, 2.45) is 0 Å². The largest absolute Gasteiger partial charge is 0.416 e. The summed E-state index contributed by atoms with van der Waals surface area (Å²) in [4.78, 5) is 0. The second-order valence-electron chi connectivity index (χ2n) is 12.3.